The molecule has 0 aliphatic heterocycles. The Bertz CT molecular complexity index is 448. The van der Waals surface area contributed by atoms with Gasteiger partial charge in [-0.1, -0.05) is 53.6 Å². The van der Waals surface area contributed by atoms with E-state index in [1.807, 2.05) is 24.3 Å². The molecule has 0 saturated heterocycles. The normalized spacial score (nSPS) is 16.2. The fourth-order valence-corrected chi connectivity index (χ4v) is 2.23. The van der Waals surface area contributed by atoms with Gasteiger partial charge in [0.1, 0.15) is 0 Å². The van der Waals surface area contributed by atoms with Gasteiger partial charge in [0.15, 0.2) is 0 Å². The van der Waals surface area contributed by atoms with E-state index in [9.17, 15) is 0 Å². The molecule has 114 valence electrons. The van der Waals surface area contributed by atoms with Gasteiger partial charge in [0.2, 0.25) is 0 Å². The molecule has 2 saturated carbocycles. The lowest BCUT2D eigenvalue weighted by Gasteiger charge is -2.15. The van der Waals surface area contributed by atoms with Crippen molar-refractivity contribution in [3.63, 3.8) is 0 Å². The van der Waals surface area contributed by atoms with Gasteiger partial charge < -0.3 is 9.84 Å². The van der Waals surface area contributed by atoms with Crippen LogP contribution in [0.1, 0.15) is 44.1 Å². The van der Waals surface area contributed by atoms with Crippen molar-refractivity contribution in [2.75, 3.05) is 13.2 Å². The summed E-state index contributed by atoms with van der Waals surface area (Å²) in [4.78, 5) is 0. The highest BCUT2D eigenvalue weighted by atomic mass is 16.5. The topological polar surface area (TPSA) is 29.5 Å². The van der Waals surface area contributed by atoms with Crippen LogP contribution in [0.3, 0.4) is 0 Å². The van der Waals surface area contributed by atoms with Crippen LogP contribution in [0.15, 0.2) is 53.6 Å². The van der Waals surface area contributed by atoms with Crippen molar-refractivity contribution in [3.8, 4) is 0 Å². The standard InChI is InChI=1S/C13H16O.C6H10O/c1-2-5-13(6-3-1)11-14-10-9-12-7-4-8-12;7-5-4-6-2-1-3-6/h1-3,5-6,9H,4,7-8,10-11H2;4,7H,1-3,5H2. The second-order valence-electron chi connectivity index (χ2n) is 5.62. The second kappa shape index (κ2) is 9.54. The monoisotopic (exact) mass is 286 g/mol. The molecule has 2 fully saturated rings. The number of hydrogen-bond donors (Lipinski definition) is 1. The van der Waals surface area contributed by atoms with Crippen LogP contribution in [0.4, 0.5) is 0 Å². The zero-order chi connectivity index (χ0) is 14.8. The minimum atomic E-state index is 0.231. The van der Waals surface area contributed by atoms with E-state index >= 15 is 0 Å². The molecule has 0 bridgehead atoms. The van der Waals surface area contributed by atoms with E-state index in [1.54, 1.807) is 5.57 Å². The van der Waals surface area contributed by atoms with E-state index < -0.39 is 0 Å². The van der Waals surface area contributed by atoms with Crippen LogP contribution in [-0.4, -0.2) is 18.3 Å². The summed E-state index contributed by atoms with van der Waals surface area (Å²) in [5.74, 6) is 0. The molecule has 0 atom stereocenters. The highest BCUT2D eigenvalue weighted by Crippen LogP contribution is 2.25. The van der Waals surface area contributed by atoms with Crippen molar-refractivity contribution in [1.82, 2.24) is 0 Å². The van der Waals surface area contributed by atoms with Crippen LogP contribution in [0.2, 0.25) is 0 Å². The lowest BCUT2D eigenvalue weighted by molar-refractivity contribution is 0.147. The Balaban J connectivity index is 0.000000194. The van der Waals surface area contributed by atoms with Gasteiger partial charge in [-0.25, -0.2) is 0 Å². The van der Waals surface area contributed by atoms with Crippen molar-refractivity contribution in [2.45, 2.75) is 45.1 Å². The smallest absolute Gasteiger partial charge is 0.0721 e. The summed E-state index contributed by atoms with van der Waals surface area (Å²) >= 11 is 0. The van der Waals surface area contributed by atoms with Crippen LogP contribution in [0.5, 0.6) is 0 Å². The molecule has 21 heavy (non-hydrogen) atoms. The van der Waals surface area contributed by atoms with E-state index in [2.05, 4.69) is 18.2 Å². The molecule has 0 heterocycles. The minimum absolute atomic E-state index is 0.231. The quantitative estimate of drug-likeness (QED) is 0.642. The maximum Gasteiger partial charge on any atom is 0.0721 e. The van der Waals surface area contributed by atoms with Crippen molar-refractivity contribution < 1.29 is 9.84 Å². The molecule has 2 nitrogen and oxygen atoms in total. The third kappa shape index (κ3) is 6.28. The van der Waals surface area contributed by atoms with Gasteiger partial charge in [-0.05, 0) is 44.1 Å². The molecule has 1 aromatic rings. The van der Waals surface area contributed by atoms with Gasteiger partial charge in [0, 0.05) is 0 Å². The first-order valence-electron chi connectivity index (χ1n) is 7.97. The van der Waals surface area contributed by atoms with E-state index in [-0.39, 0.29) is 6.61 Å². The molecule has 2 heteroatoms. The maximum atomic E-state index is 8.33. The average molecular weight is 286 g/mol. The van der Waals surface area contributed by atoms with Gasteiger partial charge >= 0.3 is 0 Å². The third-order valence-corrected chi connectivity index (χ3v) is 3.97. The molecule has 2 aliphatic carbocycles. The largest absolute Gasteiger partial charge is 0.392 e. The zero-order valence-electron chi connectivity index (χ0n) is 12.8. The lowest BCUT2D eigenvalue weighted by Crippen LogP contribution is -1.99. The first-order valence-corrected chi connectivity index (χ1v) is 7.97. The number of rotatable bonds is 5. The van der Waals surface area contributed by atoms with E-state index in [0.29, 0.717) is 0 Å². The van der Waals surface area contributed by atoms with Gasteiger partial charge in [0.05, 0.1) is 19.8 Å². The van der Waals surface area contributed by atoms with Gasteiger partial charge in [0.25, 0.3) is 0 Å². The highest BCUT2D eigenvalue weighted by molar-refractivity contribution is 5.14. The summed E-state index contributed by atoms with van der Waals surface area (Å²) in [6.07, 6.45) is 11.8. The number of ether oxygens (including phenoxy) is 1. The number of aliphatic hydroxyl groups is 1. The Kier molecular flexibility index (Phi) is 7.27. The van der Waals surface area contributed by atoms with Crippen molar-refractivity contribution in [2.24, 2.45) is 0 Å². The van der Waals surface area contributed by atoms with Gasteiger partial charge in [-0.15, -0.1) is 0 Å². The number of aliphatic hydroxyl groups excluding tert-OH is 1. The van der Waals surface area contributed by atoms with Crippen LogP contribution in [0.25, 0.3) is 0 Å². The molecule has 0 radical (unpaired) electrons. The molecule has 0 amide bonds. The zero-order valence-corrected chi connectivity index (χ0v) is 12.8. The van der Waals surface area contributed by atoms with Crippen molar-refractivity contribution >= 4 is 0 Å². The molecule has 0 spiro atoms. The van der Waals surface area contributed by atoms with Crippen molar-refractivity contribution in [3.05, 3.63) is 59.2 Å². The molecule has 1 N–H and O–H groups in total. The van der Waals surface area contributed by atoms with Gasteiger partial charge in [-0.3, -0.25) is 0 Å². The molecule has 3 rings (SSSR count). The predicted molar refractivity (Wildman–Crippen MR) is 87.1 cm³/mol. The molecular weight excluding hydrogens is 260 g/mol. The van der Waals surface area contributed by atoms with Gasteiger partial charge in [-0.2, -0.15) is 0 Å². The molecule has 0 aromatic heterocycles. The highest BCUT2D eigenvalue weighted by Gasteiger charge is 2.06. The first-order chi connectivity index (χ1) is 10.4. The Morgan fingerprint density at radius 1 is 0.905 bits per heavy atom. The molecule has 2 aliphatic rings. The number of allylic oxidation sites excluding steroid dienone is 2. The SMILES string of the molecule is C(COCc1ccccc1)=C1CCC1.OCC=C1CCC1. The fourth-order valence-electron chi connectivity index (χ4n) is 2.23. The summed E-state index contributed by atoms with van der Waals surface area (Å²) in [5.41, 5.74) is 4.25. The fraction of sp³-hybridized carbons (Fsp3) is 0.474. The van der Waals surface area contributed by atoms with E-state index in [4.69, 9.17) is 9.84 Å². The summed E-state index contributed by atoms with van der Waals surface area (Å²) in [7, 11) is 0. The first kappa shape index (κ1) is 16.0. The van der Waals surface area contributed by atoms with E-state index in [0.717, 1.165) is 13.2 Å². The van der Waals surface area contributed by atoms with Crippen LogP contribution in [-0.2, 0) is 11.3 Å². The Labute approximate surface area is 128 Å². The third-order valence-electron chi connectivity index (χ3n) is 3.97. The average Bonchev–Trinajstić information content (AvgIpc) is 2.43. The second-order valence-corrected chi connectivity index (χ2v) is 5.62. The number of benzene rings is 1. The van der Waals surface area contributed by atoms with Crippen LogP contribution < -0.4 is 0 Å². The van der Waals surface area contributed by atoms with Crippen LogP contribution >= 0.6 is 0 Å². The summed E-state index contributed by atoms with van der Waals surface area (Å²) in [6, 6.07) is 10.3. The Morgan fingerprint density at radius 3 is 2.00 bits per heavy atom. The Morgan fingerprint density at radius 2 is 1.52 bits per heavy atom. The summed E-state index contributed by atoms with van der Waals surface area (Å²) in [6.45, 7) is 1.73. The predicted octanol–water partition coefficient (Wildman–Crippen LogP) is 4.40. The van der Waals surface area contributed by atoms with Crippen molar-refractivity contribution in [1.29, 1.82) is 0 Å². The number of hydrogen-bond acceptors (Lipinski definition) is 2. The Hall–Kier alpha value is -1.38. The molecular formula is C19H26O2. The molecule has 1 aromatic carbocycles. The summed E-state index contributed by atoms with van der Waals surface area (Å²) < 4.78 is 5.55. The summed E-state index contributed by atoms with van der Waals surface area (Å²) in [5, 5.41) is 8.33. The maximum absolute atomic E-state index is 8.33. The molecule has 0 unspecified atom stereocenters. The lowest BCUT2D eigenvalue weighted by atomic mass is 9.92. The minimum Gasteiger partial charge on any atom is -0.392 e. The van der Waals surface area contributed by atoms with E-state index in [1.165, 1.54) is 49.7 Å². The van der Waals surface area contributed by atoms with Crippen LogP contribution in [0, 0.1) is 0 Å².